The largest absolute Gasteiger partial charge is 0.374 e. The summed E-state index contributed by atoms with van der Waals surface area (Å²) in [5.74, 6) is 1.31. The van der Waals surface area contributed by atoms with Gasteiger partial charge in [-0.2, -0.15) is 0 Å². The van der Waals surface area contributed by atoms with Crippen LogP contribution in [0.5, 0.6) is 0 Å². The Kier molecular flexibility index (Phi) is 5.10. The highest BCUT2D eigenvalue weighted by atomic mass is 16.5. The van der Waals surface area contributed by atoms with Crippen molar-refractivity contribution in [2.24, 2.45) is 0 Å². The van der Waals surface area contributed by atoms with Gasteiger partial charge in [0.15, 0.2) is 0 Å². The van der Waals surface area contributed by atoms with E-state index in [0.29, 0.717) is 5.92 Å². The molecule has 1 N–H and O–H groups in total. The van der Waals surface area contributed by atoms with Crippen LogP contribution in [0.3, 0.4) is 0 Å². The third kappa shape index (κ3) is 4.14. The zero-order chi connectivity index (χ0) is 13.7. The van der Waals surface area contributed by atoms with Gasteiger partial charge in [-0.1, -0.05) is 20.8 Å². The fraction of sp³-hybridized carbons (Fsp3) is 0.714. The average molecular weight is 264 g/mol. The van der Waals surface area contributed by atoms with Crippen molar-refractivity contribution in [1.29, 1.82) is 0 Å². The molecule has 106 valence electrons. The van der Waals surface area contributed by atoms with E-state index in [1.165, 1.54) is 0 Å². The first-order valence-electron chi connectivity index (χ1n) is 7.08. The van der Waals surface area contributed by atoms with E-state index >= 15 is 0 Å². The molecule has 5 nitrogen and oxygen atoms in total. The smallest absolute Gasteiger partial charge is 0.129 e. The highest BCUT2D eigenvalue weighted by Gasteiger charge is 2.19. The Labute approximate surface area is 115 Å². The SMILES string of the molecule is CCN1CCOC(CNc2cc(C(C)C)ncn2)C1. The number of ether oxygens (including phenoxy) is 1. The fourth-order valence-corrected chi connectivity index (χ4v) is 2.19. The van der Waals surface area contributed by atoms with Crippen LogP contribution in [0.2, 0.25) is 0 Å². The molecule has 0 saturated carbocycles. The number of morpholine rings is 1. The van der Waals surface area contributed by atoms with Crippen LogP contribution in [0.15, 0.2) is 12.4 Å². The van der Waals surface area contributed by atoms with Crippen LogP contribution in [0.4, 0.5) is 5.82 Å². The molecule has 1 fully saturated rings. The van der Waals surface area contributed by atoms with Crippen LogP contribution < -0.4 is 5.32 Å². The molecule has 2 rings (SSSR count). The Morgan fingerprint density at radius 1 is 1.47 bits per heavy atom. The van der Waals surface area contributed by atoms with Crippen LogP contribution in [0.25, 0.3) is 0 Å². The van der Waals surface area contributed by atoms with E-state index in [4.69, 9.17) is 4.74 Å². The number of hydrogen-bond acceptors (Lipinski definition) is 5. The molecule has 0 spiro atoms. The van der Waals surface area contributed by atoms with E-state index < -0.39 is 0 Å². The molecule has 1 unspecified atom stereocenters. The normalized spacial score (nSPS) is 20.7. The third-order valence-corrected chi connectivity index (χ3v) is 3.46. The number of anilines is 1. The summed E-state index contributed by atoms with van der Waals surface area (Å²) in [5.41, 5.74) is 1.07. The second-order valence-electron chi connectivity index (χ2n) is 5.25. The lowest BCUT2D eigenvalue weighted by atomic mass is 10.1. The molecule has 1 aromatic rings. The molecule has 1 saturated heterocycles. The summed E-state index contributed by atoms with van der Waals surface area (Å²) >= 11 is 0. The summed E-state index contributed by atoms with van der Waals surface area (Å²) in [4.78, 5) is 10.9. The maximum atomic E-state index is 5.76. The molecular formula is C14H24N4O. The van der Waals surface area contributed by atoms with Crippen molar-refractivity contribution in [1.82, 2.24) is 14.9 Å². The van der Waals surface area contributed by atoms with E-state index in [2.05, 4.69) is 41.0 Å². The minimum absolute atomic E-state index is 0.242. The zero-order valence-electron chi connectivity index (χ0n) is 12.1. The molecule has 1 atom stereocenters. The van der Waals surface area contributed by atoms with Gasteiger partial charge in [0.25, 0.3) is 0 Å². The van der Waals surface area contributed by atoms with Crippen molar-refractivity contribution < 1.29 is 4.74 Å². The molecule has 5 heteroatoms. The number of nitrogens with zero attached hydrogens (tertiary/aromatic N) is 3. The van der Waals surface area contributed by atoms with Crippen molar-refractivity contribution in [3.63, 3.8) is 0 Å². The molecule has 0 aliphatic carbocycles. The molecule has 1 aliphatic heterocycles. The first kappa shape index (κ1) is 14.2. The van der Waals surface area contributed by atoms with Gasteiger partial charge in [-0.25, -0.2) is 9.97 Å². The van der Waals surface area contributed by atoms with E-state index in [1.807, 2.05) is 6.07 Å². The second-order valence-corrected chi connectivity index (χ2v) is 5.25. The predicted molar refractivity (Wildman–Crippen MR) is 76.5 cm³/mol. The molecule has 0 bridgehead atoms. The number of rotatable bonds is 5. The summed E-state index contributed by atoms with van der Waals surface area (Å²) in [6.45, 7) is 11.2. The minimum Gasteiger partial charge on any atom is -0.374 e. The molecule has 0 amide bonds. The van der Waals surface area contributed by atoms with Gasteiger partial charge in [-0.15, -0.1) is 0 Å². The van der Waals surface area contributed by atoms with Gasteiger partial charge in [0, 0.05) is 31.4 Å². The molecule has 0 radical (unpaired) electrons. The van der Waals surface area contributed by atoms with Gasteiger partial charge in [0.1, 0.15) is 12.1 Å². The Balaban J connectivity index is 1.86. The Bertz CT molecular complexity index is 397. The molecule has 1 aliphatic rings. The fourth-order valence-electron chi connectivity index (χ4n) is 2.19. The quantitative estimate of drug-likeness (QED) is 0.878. The van der Waals surface area contributed by atoms with Crippen molar-refractivity contribution in [3.05, 3.63) is 18.1 Å². The Hall–Kier alpha value is -1.20. The topological polar surface area (TPSA) is 50.3 Å². The molecule has 1 aromatic heterocycles. The van der Waals surface area contributed by atoms with Gasteiger partial charge < -0.3 is 10.1 Å². The first-order chi connectivity index (χ1) is 9.19. The van der Waals surface area contributed by atoms with Crippen molar-refractivity contribution in [2.45, 2.75) is 32.8 Å². The van der Waals surface area contributed by atoms with Gasteiger partial charge in [0.2, 0.25) is 0 Å². The number of nitrogens with one attached hydrogen (secondary N) is 1. The Morgan fingerprint density at radius 2 is 2.32 bits per heavy atom. The number of hydrogen-bond donors (Lipinski definition) is 1. The predicted octanol–water partition coefficient (Wildman–Crippen LogP) is 1.73. The maximum absolute atomic E-state index is 5.76. The molecule has 2 heterocycles. The van der Waals surface area contributed by atoms with Crippen LogP contribution in [0.1, 0.15) is 32.4 Å². The monoisotopic (exact) mass is 264 g/mol. The third-order valence-electron chi connectivity index (χ3n) is 3.46. The lowest BCUT2D eigenvalue weighted by molar-refractivity contribution is -0.0192. The molecular weight excluding hydrogens is 240 g/mol. The van der Waals surface area contributed by atoms with Gasteiger partial charge >= 0.3 is 0 Å². The second kappa shape index (κ2) is 6.82. The van der Waals surface area contributed by atoms with E-state index in [1.54, 1.807) is 6.33 Å². The van der Waals surface area contributed by atoms with Crippen molar-refractivity contribution in [2.75, 3.05) is 38.1 Å². The van der Waals surface area contributed by atoms with Crippen LogP contribution in [-0.4, -0.2) is 53.8 Å². The van der Waals surface area contributed by atoms with Crippen molar-refractivity contribution >= 4 is 5.82 Å². The van der Waals surface area contributed by atoms with E-state index in [9.17, 15) is 0 Å². The van der Waals surface area contributed by atoms with E-state index in [-0.39, 0.29) is 6.10 Å². The zero-order valence-corrected chi connectivity index (χ0v) is 12.1. The maximum Gasteiger partial charge on any atom is 0.129 e. The Morgan fingerprint density at radius 3 is 3.05 bits per heavy atom. The minimum atomic E-state index is 0.242. The molecule has 0 aromatic carbocycles. The summed E-state index contributed by atoms with van der Waals surface area (Å²) in [7, 11) is 0. The highest BCUT2D eigenvalue weighted by Crippen LogP contribution is 2.14. The lowest BCUT2D eigenvalue weighted by Gasteiger charge is -2.32. The van der Waals surface area contributed by atoms with Gasteiger partial charge in [0.05, 0.1) is 12.7 Å². The number of likely N-dealkylation sites (N-methyl/N-ethyl adjacent to an activating group) is 1. The average Bonchev–Trinajstić information content (AvgIpc) is 2.45. The summed E-state index contributed by atoms with van der Waals surface area (Å²) in [6.07, 6.45) is 1.86. The van der Waals surface area contributed by atoms with Gasteiger partial charge in [-0.3, -0.25) is 4.90 Å². The van der Waals surface area contributed by atoms with Crippen LogP contribution in [-0.2, 0) is 4.74 Å². The lowest BCUT2D eigenvalue weighted by Crippen LogP contribution is -2.45. The van der Waals surface area contributed by atoms with Crippen LogP contribution in [0, 0.1) is 0 Å². The number of aromatic nitrogens is 2. The first-order valence-corrected chi connectivity index (χ1v) is 7.08. The summed E-state index contributed by atoms with van der Waals surface area (Å²) in [5, 5.41) is 3.35. The summed E-state index contributed by atoms with van der Waals surface area (Å²) < 4.78 is 5.76. The van der Waals surface area contributed by atoms with Gasteiger partial charge in [-0.05, 0) is 12.5 Å². The molecule has 19 heavy (non-hydrogen) atoms. The summed E-state index contributed by atoms with van der Waals surface area (Å²) in [6, 6.07) is 2.02. The standard InChI is InChI=1S/C14H24N4O/c1-4-18-5-6-19-12(9-18)8-15-14-7-13(11(2)3)16-10-17-14/h7,10-12H,4-6,8-9H2,1-3H3,(H,15,16,17). The highest BCUT2D eigenvalue weighted by molar-refractivity contribution is 5.35. The van der Waals surface area contributed by atoms with Crippen LogP contribution >= 0.6 is 0 Å². The van der Waals surface area contributed by atoms with Crippen molar-refractivity contribution in [3.8, 4) is 0 Å². The van der Waals surface area contributed by atoms with E-state index in [0.717, 1.165) is 44.3 Å².